The van der Waals surface area contributed by atoms with E-state index in [1.165, 1.54) is 19.1 Å². The number of halogens is 1. The lowest BCUT2D eigenvalue weighted by atomic mass is 9.96. The van der Waals surface area contributed by atoms with E-state index in [2.05, 4.69) is 38.1 Å². The average molecular weight is 530 g/mol. The number of nitrogens with one attached hydrogen (secondary N) is 2. The number of aryl methyl sites for hydroxylation is 1. The van der Waals surface area contributed by atoms with Gasteiger partial charge in [0.25, 0.3) is 0 Å². The Bertz CT molecular complexity index is 1500. The van der Waals surface area contributed by atoms with Crippen LogP contribution >= 0.6 is 12.2 Å². The fourth-order valence-electron chi connectivity index (χ4n) is 5.16. The molecule has 0 aliphatic carbocycles. The third-order valence-electron chi connectivity index (χ3n) is 6.74. The topological polar surface area (TPSA) is 71.4 Å². The zero-order chi connectivity index (χ0) is 27.0. The molecule has 2 aromatic heterocycles. The standard InChI is InChI=1S/C29H28FN5O2S/c1-17-15-23(18(2)34(17)21-10-8-20(30)9-11-21)28-27(24-7-5-6-14-31-24)33-29(38)35(28)22-12-13-26(37-4)25(16-22)32-19(3)36/h5-16,27-28H,1-4H3,(H,32,36)(H,33,38)/t27-,28-/m0/s1. The molecule has 5 rings (SSSR count). The summed E-state index contributed by atoms with van der Waals surface area (Å²) >= 11 is 5.88. The van der Waals surface area contributed by atoms with Gasteiger partial charge in [-0.3, -0.25) is 9.78 Å². The predicted octanol–water partition coefficient (Wildman–Crippen LogP) is 5.77. The van der Waals surface area contributed by atoms with Crippen molar-refractivity contribution >= 4 is 34.6 Å². The second kappa shape index (κ2) is 10.3. The largest absolute Gasteiger partial charge is 0.495 e. The molecule has 38 heavy (non-hydrogen) atoms. The molecule has 2 aromatic carbocycles. The minimum absolute atomic E-state index is 0.201. The van der Waals surface area contributed by atoms with Crippen LogP contribution in [-0.4, -0.2) is 27.7 Å². The monoisotopic (exact) mass is 529 g/mol. The van der Waals surface area contributed by atoms with Gasteiger partial charge in [-0.2, -0.15) is 0 Å². The van der Waals surface area contributed by atoms with Crippen LogP contribution in [0.2, 0.25) is 0 Å². The van der Waals surface area contributed by atoms with Gasteiger partial charge in [0.15, 0.2) is 5.11 Å². The smallest absolute Gasteiger partial charge is 0.221 e. The second-order valence-electron chi connectivity index (χ2n) is 9.20. The number of hydrogen-bond donors (Lipinski definition) is 2. The number of ether oxygens (including phenoxy) is 1. The predicted molar refractivity (Wildman–Crippen MR) is 150 cm³/mol. The fourth-order valence-corrected chi connectivity index (χ4v) is 5.50. The molecule has 4 aromatic rings. The van der Waals surface area contributed by atoms with Gasteiger partial charge in [-0.25, -0.2) is 4.39 Å². The number of aromatic nitrogens is 2. The van der Waals surface area contributed by atoms with E-state index in [-0.39, 0.29) is 23.8 Å². The number of benzene rings is 2. The Balaban J connectivity index is 1.67. The van der Waals surface area contributed by atoms with Crippen LogP contribution in [0.25, 0.3) is 5.69 Å². The summed E-state index contributed by atoms with van der Waals surface area (Å²) in [7, 11) is 1.56. The van der Waals surface area contributed by atoms with Crippen molar-refractivity contribution in [2.75, 3.05) is 17.3 Å². The maximum absolute atomic E-state index is 13.7. The van der Waals surface area contributed by atoms with Gasteiger partial charge in [0.05, 0.1) is 30.6 Å². The maximum atomic E-state index is 13.7. The first-order valence-electron chi connectivity index (χ1n) is 12.2. The average Bonchev–Trinajstić information content (AvgIpc) is 3.39. The minimum atomic E-state index is -0.280. The molecular weight excluding hydrogens is 501 g/mol. The molecule has 3 heterocycles. The summed E-state index contributed by atoms with van der Waals surface area (Å²) in [6.07, 6.45) is 1.77. The summed E-state index contributed by atoms with van der Waals surface area (Å²) in [5.74, 6) is 0.0697. The number of hydrogen-bond acceptors (Lipinski definition) is 4. The molecule has 1 saturated heterocycles. The van der Waals surface area contributed by atoms with E-state index in [1.54, 1.807) is 25.4 Å². The maximum Gasteiger partial charge on any atom is 0.221 e. The van der Waals surface area contributed by atoms with Crippen LogP contribution in [0.4, 0.5) is 15.8 Å². The van der Waals surface area contributed by atoms with Crippen molar-refractivity contribution in [3.8, 4) is 11.4 Å². The van der Waals surface area contributed by atoms with Crippen LogP contribution in [0, 0.1) is 19.7 Å². The number of anilines is 2. The number of methoxy groups -OCH3 is 1. The molecule has 9 heteroatoms. The molecule has 1 aliphatic heterocycles. The number of thiocarbonyl (C=S) groups is 1. The molecule has 0 unspecified atom stereocenters. The van der Waals surface area contributed by atoms with Crippen molar-refractivity contribution in [3.05, 3.63) is 101 Å². The summed E-state index contributed by atoms with van der Waals surface area (Å²) < 4.78 is 21.2. The third kappa shape index (κ3) is 4.61. The molecule has 194 valence electrons. The van der Waals surface area contributed by atoms with E-state index in [0.29, 0.717) is 16.5 Å². The fraction of sp³-hybridized carbons (Fsp3) is 0.207. The van der Waals surface area contributed by atoms with Gasteiger partial charge in [0.1, 0.15) is 11.6 Å². The molecular formula is C29H28FN5O2S. The van der Waals surface area contributed by atoms with E-state index in [0.717, 1.165) is 34.0 Å². The Labute approximate surface area is 226 Å². The zero-order valence-electron chi connectivity index (χ0n) is 21.5. The number of pyridine rings is 1. The Morgan fingerprint density at radius 3 is 2.47 bits per heavy atom. The first-order valence-corrected chi connectivity index (χ1v) is 12.6. The molecule has 1 aliphatic rings. The molecule has 1 fully saturated rings. The minimum Gasteiger partial charge on any atom is -0.495 e. The number of rotatable bonds is 6. The van der Waals surface area contributed by atoms with E-state index in [9.17, 15) is 9.18 Å². The summed E-state index contributed by atoms with van der Waals surface area (Å²) in [6, 6.07) is 19.5. The highest BCUT2D eigenvalue weighted by molar-refractivity contribution is 7.80. The van der Waals surface area contributed by atoms with Crippen LogP contribution in [0.3, 0.4) is 0 Å². The zero-order valence-corrected chi connectivity index (χ0v) is 22.3. The van der Waals surface area contributed by atoms with Gasteiger partial charge in [0, 0.05) is 35.9 Å². The van der Waals surface area contributed by atoms with Crippen LogP contribution in [0.5, 0.6) is 5.75 Å². The highest BCUT2D eigenvalue weighted by atomic mass is 32.1. The molecule has 0 spiro atoms. The quantitative estimate of drug-likeness (QED) is 0.309. The Morgan fingerprint density at radius 1 is 1.08 bits per heavy atom. The molecule has 0 radical (unpaired) electrons. The first kappa shape index (κ1) is 25.4. The van der Waals surface area contributed by atoms with Crippen molar-refractivity contribution in [3.63, 3.8) is 0 Å². The van der Waals surface area contributed by atoms with Crippen molar-refractivity contribution in [1.82, 2.24) is 14.9 Å². The van der Waals surface area contributed by atoms with Gasteiger partial charge in [-0.05, 0) is 92.3 Å². The SMILES string of the molecule is COc1ccc(N2C(=S)N[C@@H](c3ccccn3)[C@@H]2c2cc(C)n(-c3ccc(F)cc3)c2C)cc1NC(C)=O. The molecule has 0 bridgehead atoms. The highest BCUT2D eigenvalue weighted by Crippen LogP contribution is 2.45. The van der Waals surface area contributed by atoms with E-state index < -0.39 is 0 Å². The van der Waals surface area contributed by atoms with Crippen molar-refractivity contribution < 1.29 is 13.9 Å². The number of carbonyl (C=O) groups excluding carboxylic acids is 1. The highest BCUT2D eigenvalue weighted by Gasteiger charge is 2.42. The van der Waals surface area contributed by atoms with E-state index in [1.807, 2.05) is 43.3 Å². The molecule has 2 atom stereocenters. The number of carbonyl (C=O) groups is 1. The molecule has 2 N–H and O–H groups in total. The number of amides is 1. The van der Waals surface area contributed by atoms with Gasteiger partial charge in [0.2, 0.25) is 5.91 Å². The normalized spacial score (nSPS) is 16.9. The lowest BCUT2D eigenvalue weighted by molar-refractivity contribution is -0.114. The second-order valence-corrected chi connectivity index (χ2v) is 9.59. The van der Waals surface area contributed by atoms with Gasteiger partial charge < -0.3 is 24.8 Å². The van der Waals surface area contributed by atoms with E-state index >= 15 is 0 Å². The lowest BCUT2D eigenvalue weighted by Gasteiger charge is -2.29. The summed E-state index contributed by atoms with van der Waals surface area (Å²) in [5.41, 5.74) is 6.14. The Kier molecular flexibility index (Phi) is 6.86. The van der Waals surface area contributed by atoms with Crippen LogP contribution in [-0.2, 0) is 4.79 Å². The number of nitrogens with zero attached hydrogens (tertiary/aromatic N) is 3. The lowest BCUT2D eigenvalue weighted by Crippen LogP contribution is -2.29. The van der Waals surface area contributed by atoms with Crippen LogP contribution in [0.15, 0.2) is 72.9 Å². The third-order valence-corrected chi connectivity index (χ3v) is 7.06. The van der Waals surface area contributed by atoms with Crippen molar-refractivity contribution in [1.29, 1.82) is 0 Å². The van der Waals surface area contributed by atoms with Crippen LogP contribution < -0.4 is 20.3 Å². The Morgan fingerprint density at radius 2 is 1.82 bits per heavy atom. The van der Waals surface area contributed by atoms with Gasteiger partial charge >= 0.3 is 0 Å². The summed E-state index contributed by atoms with van der Waals surface area (Å²) in [5, 5.41) is 6.86. The molecule has 1 amide bonds. The van der Waals surface area contributed by atoms with Crippen LogP contribution in [0.1, 0.15) is 41.7 Å². The summed E-state index contributed by atoms with van der Waals surface area (Å²) in [6.45, 7) is 5.54. The Hall–Kier alpha value is -4.24. The van der Waals surface area contributed by atoms with Gasteiger partial charge in [-0.15, -0.1) is 0 Å². The summed E-state index contributed by atoms with van der Waals surface area (Å²) in [4.78, 5) is 18.6. The van der Waals surface area contributed by atoms with Gasteiger partial charge in [-0.1, -0.05) is 6.07 Å². The molecule has 0 saturated carbocycles. The first-order chi connectivity index (χ1) is 18.3. The van der Waals surface area contributed by atoms with Crippen molar-refractivity contribution in [2.45, 2.75) is 32.9 Å². The van der Waals surface area contributed by atoms with E-state index in [4.69, 9.17) is 17.0 Å². The molecule has 7 nitrogen and oxygen atoms in total. The van der Waals surface area contributed by atoms with Crippen molar-refractivity contribution in [2.24, 2.45) is 0 Å².